The van der Waals surface area contributed by atoms with Gasteiger partial charge in [0.05, 0.1) is 0 Å². The molecule has 0 saturated carbocycles. The smallest absolute Gasteiger partial charge is 0.246 e. The Kier molecular flexibility index (Phi) is 4.99. The van der Waals surface area contributed by atoms with Crippen molar-refractivity contribution >= 4 is 23.2 Å². The maximum Gasteiger partial charge on any atom is 0.246 e. The van der Waals surface area contributed by atoms with E-state index < -0.39 is 0 Å². The van der Waals surface area contributed by atoms with Crippen LogP contribution in [0.15, 0.2) is 48.5 Å². The highest BCUT2D eigenvalue weighted by molar-refractivity contribution is 6.31. The minimum absolute atomic E-state index is 0.0192. The molecule has 1 aliphatic heterocycles. The summed E-state index contributed by atoms with van der Waals surface area (Å²) in [5.41, 5.74) is 2.79. The highest BCUT2D eigenvalue weighted by Gasteiger charge is 2.31. The number of para-hydroxylation sites is 1. The Balaban J connectivity index is 1.90. The molecule has 1 atom stereocenters. The Hall–Kier alpha value is -1.84. The van der Waals surface area contributed by atoms with Crippen LogP contribution in [0.5, 0.6) is 0 Å². The van der Waals surface area contributed by atoms with Gasteiger partial charge in [0, 0.05) is 10.7 Å². The fraction of sp³-hybridized carbons (Fsp3) is 0.316. The van der Waals surface area contributed by atoms with Gasteiger partial charge in [0.1, 0.15) is 6.04 Å². The van der Waals surface area contributed by atoms with Crippen LogP contribution in [0.2, 0.25) is 5.02 Å². The number of carbonyl (C=O) groups excluding carboxylic acids is 1. The summed E-state index contributed by atoms with van der Waals surface area (Å²) in [6.45, 7) is 3.85. The number of rotatable bonds is 4. The van der Waals surface area contributed by atoms with Crippen LogP contribution >= 0.6 is 11.6 Å². The van der Waals surface area contributed by atoms with Crippen LogP contribution in [0.25, 0.3) is 0 Å². The molecule has 23 heavy (non-hydrogen) atoms. The van der Waals surface area contributed by atoms with Gasteiger partial charge in [-0.15, -0.1) is 0 Å². The van der Waals surface area contributed by atoms with Crippen molar-refractivity contribution in [2.75, 3.05) is 18.4 Å². The average molecular weight is 329 g/mol. The molecule has 4 heteroatoms. The third kappa shape index (κ3) is 3.57. The number of hydrogen-bond donors (Lipinski definition) is 1. The van der Waals surface area contributed by atoms with Crippen molar-refractivity contribution in [3.63, 3.8) is 0 Å². The predicted octanol–water partition coefficient (Wildman–Crippen LogP) is 4.42. The average Bonchev–Trinajstić information content (AvgIpc) is 3.06. The molecule has 3 rings (SSSR count). The molecule has 0 bridgehead atoms. The SMILES string of the molecule is Cc1ccccc1NC(=O)[C@@H](c1ccccc1Cl)N1CCCC1. The number of nitrogens with zero attached hydrogens (tertiary/aromatic N) is 1. The van der Waals surface area contributed by atoms with Crippen LogP contribution in [0.4, 0.5) is 5.69 Å². The number of aryl methyl sites for hydroxylation is 1. The van der Waals surface area contributed by atoms with E-state index in [1.54, 1.807) is 0 Å². The van der Waals surface area contributed by atoms with Gasteiger partial charge in [-0.05, 0) is 56.1 Å². The van der Waals surface area contributed by atoms with Crippen LogP contribution in [0.3, 0.4) is 0 Å². The fourth-order valence-electron chi connectivity index (χ4n) is 3.11. The number of benzene rings is 2. The Morgan fingerprint density at radius 3 is 2.43 bits per heavy atom. The summed E-state index contributed by atoms with van der Waals surface area (Å²) in [6, 6.07) is 15.1. The molecule has 0 radical (unpaired) electrons. The number of likely N-dealkylation sites (tertiary alicyclic amines) is 1. The molecule has 1 aliphatic rings. The lowest BCUT2D eigenvalue weighted by atomic mass is 10.0. The van der Waals surface area contributed by atoms with Crippen molar-refractivity contribution in [3.05, 3.63) is 64.7 Å². The molecule has 1 N–H and O–H groups in total. The molecule has 1 fully saturated rings. The lowest BCUT2D eigenvalue weighted by Crippen LogP contribution is -2.35. The van der Waals surface area contributed by atoms with E-state index in [0.29, 0.717) is 5.02 Å². The Bertz CT molecular complexity index is 695. The van der Waals surface area contributed by atoms with Crippen molar-refractivity contribution in [3.8, 4) is 0 Å². The molecule has 2 aromatic carbocycles. The number of halogens is 1. The van der Waals surface area contributed by atoms with E-state index in [9.17, 15) is 4.79 Å². The number of anilines is 1. The van der Waals surface area contributed by atoms with Gasteiger partial charge in [0.25, 0.3) is 0 Å². The highest BCUT2D eigenvalue weighted by atomic mass is 35.5. The maximum absolute atomic E-state index is 13.0. The summed E-state index contributed by atoms with van der Waals surface area (Å²) in [5.74, 6) is -0.0192. The molecule has 0 aliphatic carbocycles. The molecule has 1 amide bonds. The molecule has 0 spiro atoms. The summed E-state index contributed by atoms with van der Waals surface area (Å²) < 4.78 is 0. The van der Waals surface area contributed by atoms with E-state index in [-0.39, 0.29) is 11.9 Å². The largest absolute Gasteiger partial charge is 0.324 e. The molecule has 0 unspecified atom stereocenters. The molecular weight excluding hydrogens is 308 g/mol. The summed E-state index contributed by atoms with van der Waals surface area (Å²) in [6.07, 6.45) is 2.25. The van der Waals surface area contributed by atoms with E-state index in [4.69, 9.17) is 11.6 Å². The van der Waals surface area contributed by atoms with Crippen LogP contribution in [0, 0.1) is 6.92 Å². The second-order valence-electron chi connectivity index (χ2n) is 5.97. The third-order valence-corrected chi connectivity index (χ3v) is 4.70. The predicted molar refractivity (Wildman–Crippen MR) is 94.8 cm³/mol. The van der Waals surface area contributed by atoms with Gasteiger partial charge in [-0.25, -0.2) is 0 Å². The van der Waals surface area contributed by atoms with Crippen molar-refractivity contribution < 1.29 is 4.79 Å². The zero-order valence-corrected chi connectivity index (χ0v) is 14.0. The Labute approximate surface area is 142 Å². The molecule has 1 heterocycles. The Morgan fingerprint density at radius 1 is 1.09 bits per heavy atom. The lowest BCUT2D eigenvalue weighted by molar-refractivity contribution is -0.121. The normalized spacial score (nSPS) is 16.3. The van der Waals surface area contributed by atoms with E-state index in [0.717, 1.165) is 42.7 Å². The molecule has 120 valence electrons. The van der Waals surface area contributed by atoms with Gasteiger partial charge >= 0.3 is 0 Å². The second kappa shape index (κ2) is 7.16. The molecular formula is C19H21ClN2O. The number of carbonyl (C=O) groups is 1. The quantitative estimate of drug-likeness (QED) is 0.900. The monoisotopic (exact) mass is 328 g/mol. The number of hydrogen-bond acceptors (Lipinski definition) is 2. The van der Waals surface area contributed by atoms with Crippen LogP contribution in [0.1, 0.15) is 30.0 Å². The van der Waals surface area contributed by atoms with Gasteiger partial charge in [-0.1, -0.05) is 48.0 Å². The Morgan fingerprint density at radius 2 is 1.74 bits per heavy atom. The maximum atomic E-state index is 13.0. The van der Waals surface area contributed by atoms with E-state index in [1.165, 1.54) is 0 Å². The fourth-order valence-corrected chi connectivity index (χ4v) is 3.35. The van der Waals surface area contributed by atoms with Crippen molar-refractivity contribution in [1.29, 1.82) is 0 Å². The van der Waals surface area contributed by atoms with Gasteiger partial charge < -0.3 is 5.32 Å². The first-order valence-corrected chi connectivity index (χ1v) is 8.39. The highest BCUT2D eigenvalue weighted by Crippen LogP contribution is 2.31. The number of nitrogens with one attached hydrogen (secondary N) is 1. The van der Waals surface area contributed by atoms with E-state index in [1.807, 2.05) is 55.5 Å². The van der Waals surface area contributed by atoms with E-state index >= 15 is 0 Å². The van der Waals surface area contributed by atoms with Crippen LogP contribution < -0.4 is 5.32 Å². The van der Waals surface area contributed by atoms with Crippen molar-refractivity contribution in [2.24, 2.45) is 0 Å². The molecule has 2 aromatic rings. The van der Waals surface area contributed by atoms with Crippen molar-refractivity contribution in [2.45, 2.75) is 25.8 Å². The second-order valence-corrected chi connectivity index (χ2v) is 6.38. The van der Waals surface area contributed by atoms with Crippen molar-refractivity contribution in [1.82, 2.24) is 4.90 Å². The molecule has 1 saturated heterocycles. The minimum Gasteiger partial charge on any atom is -0.324 e. The first-order valence-electron chi connectivity index (χ1n) is 8.02. The van der Waals surface area contributed by atoms with Gasteiger partial charge in [-0.2, -0.15) is 0 Å². The summed E-state index contributed by atoms with van der Waals surface area (Å²) in [7, 11) is 0. The van der Waals surface area contributed by atoms with E-state index in [2.05, 4.69) is 10.2 Å². The zero-order chi connectivity index (χ0) is 16.2. The summed E-state index contributed by atoms with van der Waals surface area (Å²) >= 11 is 6.37. The number of amides is 1. The third-order valence-electron chi connectivity index (χ3n) is 4.36. The minimum atomic E-state index is -0.342. The standard InChI is InChI=1S/C19H21ClN2O/c1-14-8-2-5-11-17(14)21-19(23)18(22-12-6-7-13-22)15-9-3-4-10-16(15)20/h2-5,8-11,18H,6-7,12-13H2,1H3,(H,21,23)/t18-/m1/s1. The zero-order valence-electron chi connectivity index (χ0n) is 13.3. The topological polar surface area (TPSA) is 32.3 Å². The summed E-state index contributed by atoms with van der Waals surface area (Å²) in [5, 5.41) is 3.72. The first kappa shape index (κ1) is 16.0. The summed E-state index contributed by atoms with van der Waals surface area (Å²) in [4.78, 5) is 15.2. The molecule has 0 aromatic heterocycles. The first-order chi connectivity index (χ1) is 11.2. The van der Waals surface area contributed by atoms with Gasteiger partial charge in [0.15, 0.2) is 0 Å². The van der Waals surface area contributed by atoms with Gasteiger partial charge in [-0.3, -0.25) is 9.69 Å². The lowest BCUT2D eigenvalue weighted by Gasteiger charge is -2.27. The van der Waals surface area contributed by atoms with Gasteiger partial charge in [0.2, 0.25) is 5.91 Å². The van der Waals surface area contributed by atoms with Crippen LogP contribution in [-0.2, 0) is 4.79 Å². The molecule has 3 nitrogen and oxygen atoms in total. The van der Waals surface area contributed by atoms with Crippen LogP contribution in [-0.4, -0.2) is 23.9 Å².